The quantitative estimate of drug-likeness (QED) is 0.149. The van der Waals surface area contributed by atoms with Gasteiger partial charge in [-0.25, -0.2) is 15.4 Å². The highest BCUT2D eigenvalue weighted by Crippen LogP contribution is 2.35. The SMILES string of the molecule is O=CCNN[C@@H](CCNc1ncc(-c2cccc(C(F)(F)F)c2)c(-c2ccncc2)n1)c1ccccc1. The summed E-state index contributed by atoms with van der Waals surface area (Å²) in [5.41, 5.74) is 8.37. The Balaban J connectivity index is 1.57. The van der Waals surface area contributed by atoms with Crippen LogP contribution >= 0.6 is 0 Å². The molecule has 10 heteroatoms. The van der Waals surface area contributed by atoms with Gasteiger partial charge in [0.2, 0.25) is 5.95 Å². The van der Waals surface area contributed by atoms with E-state index >= 15 is 0 Å². The maximum Gasteiger partial charge on any atom is 0.416 e. The number of halogens is 3. The average Bonchev–Trinajstić information content (AvgIpc) is 2.93. The first-order valence-electron chi connectivity index (χ1n) is 11.6. The highest BCUT2D eigenvalue weighted by Gasteiger charge is 2.30. The van der Waals surface area contributed by atoms with Gasteiger partial charge in [0.05, 0.1) is 17.8 Å². The molecule has 2 aromatic carbocycles. The summed E-state index contributed by atoms with van der Waals surface area (Å²) in [6.45, 7) is 0.667. The zero-order valence-corrected chi connectivity index (χ0v) is 19.7. The second-order valence-electron chi connectivity index (χ2n) is 8.14. The van der Waals surface area contributed by atoms with Gasteiger partial charge in [-0.15, -0.1) is 0 Å². The number of aldehydes is 1. The highest BCUT2D eigenvalue weighted by atomic mass is 19.4. The normalized spacial score (nSPS) is 12.2. The smallest absolute Gasteiger partial charge is 0.354 e. The fraction of sp³-hybridized carbons (Fsp3) is 0.185. The van der Waals surface area contributed by atoms with E-state index in [0.717, 1.165) is 24.0 Å². The molecule has 0 aliphatic rings. The Morgan fingerprint density at radius 3 is 2.46 bits per heavy atom. The predicted octanol–water partition coefficient (Wildman–Crippen LogP) is 5.06. The molecule has 3 N–H and O–H groups in total. The lowest BCUT2D eigenvalue weighted by molar-refractivity contribution is -0.137. The Kier molecular flexibility index (Phi) is 8.55. The Morgan fingerprint density at radius 1 is 0.946 bits per heavy atom. The molecule has 190 valence electrons. The molecule has 0 aliphatic carbocycles. The minimum absolute atomic E-state index is 0.0855. The number of pyridine rings is 1. The Bertz CT molecular complexity index is 1300. The van der Waals surface area contributed by atoms with Gasteiger partial charge < -0.3 is 10.1 Å². The van der Waals surface area contributed by atoms with Gasteiger partial charge in [-0.1, -0.05) is 42.5 Å². The number of hydrogen-bond acceptors (Lipinski definition) is 7. The minimum Gasteiger partial charge on any atom is -0.354 e. The van der Waals surface area contributed by atoms with Crippen LogP contribution in [0.15, 0.2) is 85.3 Å². The summed E-state index contributed by atoms with van der Waals surface area (Å²) in [5.74, 6) is 0.343. The van der Waals surface area contributed by atoms with Crippen LogP contribution in [0.25, 0.3) is 22.4 Å². The molecule has 0 radical (unpaired) electrons. The largest absolute Gasteiger partial charge is 0.416 e. The van der Waals surface area contributed by atoms with E-state index in [1.165, 1.54) is 12.3 Å². The number of rotatable bonds is 11. The molecular weight excluding hydrogens is 481 g/mol. The molecule has 1 atom stereocenters. The summed E-state index contributed by atoms with van der Waals surface area (Å²) in [6, 6.07) is 18.3. The molecule has 0 amide bonds. The van der Waals surface area contributed by atoms with E-state index in [2.05, 4.69) is 31.1 Å². The molecule has 37 heavy (non-hydrogen) atoms. The van der Waals surface area contributed by atoms with Crippen LogP contribution in [-0.2, 0) is 11.0 Å². The van der Waals surface area contributed by atoms with Crippen LogP contribution in [0, 0.1) is 0 Å². The first-order chi connectivity index (χ1) is 18.0. The van der Waals surface area contributed by atoms with Gasteiger partial charge in [0.25, 0.3) is 0 Å². The van der Waals surface area contributed by atoms with E-state index in [-0.39, 0.29) is 12.6 Å². The maximum absolute atomic E-state index is 13.3. The van der Waals surface area contributed by atoms with Crippen molar-refractivity contribution in [3.8, 4) is 22.4 Å². The van der Waals surface area contributed by atoms with Crippen LogP contribution in [0.5, 0.6) is 0 Å². The van der Waals surface area contributed by atoms with Gasteiger partial charge in [-0.2, -0.15) is 13.2 Å². The third kappa shape index (κ3) is 6.96. The van der Waals surface area contributed by atoms with Crippen LogP contribution in [0.1, 0.15) is 23.6 Å². The molecular formula is C27H25F3N6O. The molecule has 2 aromatic heterocycles. The van der Waals surface area contributed by atoms with Crippen LogP contribution in [0.3, 0.4) is 0 Å². The van der Waals surface area contributed by atoms with E-state index in [0.29, 0.717) is 41.3 Å². The van der Waals surface area contributed by atoms with Crippen molar-refractivity contribution in [1.29, 1.82) is 0 Å². The number of aromatic nitrogens is 3. The van der Waals surface area contributed by atoms with Gasteiger partial charge in [-0.3, -0.25) is 10.4 Å². The highest BCUT2D eigenvalue weighted by molar-refractivity contribution is 5.81. The van der Waals surface area contributed by atoms with Gasteiger partial charge in [0.15, 0.2) is 0 Å². The Hall–Kier alpha value is -4.15. The number of nitrogens with one attached hydrogen (secondary N) is 3. The van der Waals surface area contributed by atoms with Crippen molar-refractivity contribution in [2.45, 2.75) is 18.6 Å². The third-order valence-electron chi connectivity index (χ3n) is 5.62. The Morgan fingerprint density at radius 2 is 1.73 bits per heavy atom. The van der Waals surface area contributed by atoms with Gasteiger partial charge in [0.1, 0.15) is 6.29 Å². The standard InChI is InChI=1S/C27H25F3N6O/c28-27(29,30)22-8-4-7-21(17-22)23-18-33-26(35-25(23)20-9-12-31-13-10-20)32-14-11-24(36-34-15-16-37)19-5-2-1-3-6-19/h1-10,12-13,16-18,24,34,36H,11,14-15H2,(H,32,33,35)/t24-/m0/s1. The topological polar surface area (TPSA) is 91.8 Å². The second kappa shape index (κ2) is 12.2. The van der Waals surface area contributed by atoms with Gasteiger partial charge >= 0.3 is 6.18 Å². The molecule has 0 spiro atoms. The first kappa shape index (κ1) is 25.9. The van der Waals surface area contributed by atoms with Crippen molar-refractivity contribution in [3.05, 3.63) is 96.4 Å². The van der Waals surface area contributed by atoms with Crippen LogP contribution in [-0.4, -0.2) is 34.3 Å². The second-order valence-corrected chi connectivity index (χ2v) is 8.14. The van der Waals surface area contributed by atoms with Crippen LogP contribution in [0.2, 0.25) is 0 Å². The third-order valence-corrected chi connectivity index (χ3v) is 5.62. The number of nitrogens with zero attached hydrogens (tertiary/aromatic N) is 3. The number of anilines is 1. The van der Waals surface area contributed by atoms with E-state index in [9.17, 15) is 18.0 Å². The minimum atomic E-state index is -4.46. The number of hydrogen-bond donors (Lipinski definition) is 3. The number of alkyl halides is 3. The predicted molar refractivity (Wildman–Crippen MR) is 135 cm³/mol. The summed E-state index contributed by atoms with van der Waals surface area (Å²) < 4.78 is 40.0. The average molecular weight is 507 g/mol. The molecule has 0 unspecified atom stereocenters. The molecule has 0 aliphatic heterocycles. The number of carbonyl (C=O) groups excluding carboxylic acids is 1. The fourth-order valence-electron chi connectivity index (χ4n) is 3.83. The molecule has 0 saturated carbocycles. The summed E-state index contributed by atoms with van der Waals surface area (Å²) in [6.07, 6.45) is 1.68. The van der Waals surface area contributed by atoms with Crippen molar-refractivity contribution in [2.24, 2.45) is 0 Å². The molecule has 2 heterocycles. The zero-order valence-electron chi connectivity index (χ0n) is 19.7. The van der Waals surface area contributed by atoms with E-state index in [1.807, 2.05) is 30.3 Å². The van der Waals surface area contributed by atoms with Crippen LogP contribution in [0.4, 0.5) is 19.1 Å². The lowest BCUT2D eigenvalue weighted by Crippen LogP contribution is -2.37. The van der Waals surface area contributed by atoms with Crippen molar-refractivity contribution < 1.29 is 18.0 Å². The molecule has 4 rings (SSSR count). The van der Waals surface area contributed by atoms with Crippen molar-refractivity contribution in [1.82, 2.24) is 25.8 Å². The molecule has 0 bridgehead atoms. The molecule has 7 nitrogen and oxygen atoms in total. The van der Waals surface area contributed by atoms with Crippen LogP contribution < -0.4 is 16.2 Å². The monoisotopic (exact) mass is 506 g/mol. The lowest BCUT2D eigenvalue weighted by Gasteiger charge is -2.20. The van der Waals surface area contributed by atoms with E-state index in [1.54, 1.807) is 30.6 Å². The fourth-order valence-corrected chi connectivity index (χ4v) is 3.83. The summed E-state index contributed by atoms with van der Waals surface area (Å²) >= 11 is 0. The number of carbonyl (C=O) groups is 1. The summed E-state index contributed by atoms with van der Waals surface area (Å²) in [5, 5.41) is 3.20. The van der Waals surface area contributed by atoms with Crippen molar-refractivity contribution >= 4 is 12.2 Å². The van der Waals surface area contributed by atoms with Crippen molar-refractivity contribution in [2.75, 3.05) is 18.4 Å². The molecule has 0 fully saturated rings. The van der Waals surface area contributed by atoms with E-state index < -0.39 is 11.7 Å². The molecule has 4 aromatic rings. The van der Waals surface area contributed by atoms with Gasteiger partial charge in [0, 0.05) is 42.3 Å². The summed E-state index contributed by atoms with van der Waals surface area (Å²) in [7, 11) is 0. The number of benzene rings is 2. The van der Waals surface area contributed by atoms with Gasteiger partial charge in [-0.05, 0) is 41.8 Å². The zero-order chi connectivity index (χ0) is 26.1. The first-order valence-corrected chi connectivity index (χ1v) is 11.6. The lowest BCUT2D eigenvalue weighted by atomic mass is 9.99. The molecule has 0 saturated heterocycles. The van der Waals surface area contributed by atoms with Crippen molar-refractivity contribution in [3.63, 3.8) is 0 Å². The maximum atomic E-state index is 13.3. The number of hydrazine groups is 1. The van der Waals surface area contributed by atoms with E-state index in [4.69, 9.17) is 0 Å². The Labute approximate surface area is 212 Å². The summed E-state index contributed by atoms with van der Waals surface area (Å²) in [4.78, 5) is 23.7.